The first-order valence-electron chi connectivity index (χ1n) is 7.94. The number of aryl methyl sites for hydroxylation is 1. The summed E-state index contributed by atoms with van der Waals surface area (Å²) in [7, 11) is 0. The standard InChI is InChI=1S/C18H15F2N5/c1-2-25-16(23-15-4-3-7-21-18(15)25)11-24-9-8-22-17(24)12-5-6-13(19)14(20)10-12/h3-10H,2,11H2,1H3. The summed E-state index contributed by atoms with van der Waals surface area (Å²) in [6, 6.07) is 7.54. The number of nitrogens with zero attached hydrogens (tertiary/aromatic N) is 5. The topological polar surface area (TPSA) is 48.5 Å². The number of benzene rings is 1. The summed E-state index contributed by atoms with van der Waals surface area (Å²) in [5.74, 6) is -0.377. The Morgan fingerprint density at radius 1 is 1.04 bits per heavy atom. The normalized spacial score (nSPS) is 11.3. The molecule has 5 nitrogen and oxygen atoms in total. The molecule has 0 spiro atoms. The molecule has 0 atom stereocenters. The van der Waals surface area contributed by atoms with Crippen molar-refractivity contribution in [2.45, 2.75) is 20.0 Å². The minimum atomic E-state index is -0.892. The zero-order valence-corrected chi connectivity index (χ0v) is 13.5. The quantitative estimate of drug-likeness (QED) is 0.570. The number of rotatable bonds is 4. The molecular formula is C18H15F2N5. The first kappa shape index (κ1) is 15.4. The van der Waals surface area contributed by atoms with Gasteiger partial charge >= 0.3 is 0 Å². The molecule has 0 N–H and O–H groups in total. The van der Waals surface area contributed by atoms with E-state index in [9.17, 15) is 8.78 Å². The van der Waals surface area contributed by atoms with Gasteiger partial charge in [-0.3, -0.25) is 0 Å². The second kappa shape index (κ2) is 6.08. The molecule has 7 heteroatoms. The molecule has 0 aliphatic rings. The molecule has 3 heterocycles. The van der Waals surface area contributed by atoms with E-state index in [1.807, 2.05) is 28.2 Å². The van der Waals surface area contributed by atoms with E-state index in [-0.39, 0.29) is 0 Å². The Bertz CT molecular complexity index is 1050. The molecule has 0 bridgehead atoms. The summed E-state index contributed by atoms with van der Waals surface area (Å²) in [5, 5.41) is 0. The van der Waals surface area contributed by atoms with Crippen LogP contribution in [0.1, 0.15) is 12.7 Å². The van der Waals surface area contributed by atoms with E-state index in [0.29, 0.717) is 17.9 Å². The lowest BCUT2D eigenvalue weighted by atomic mass is 10.2. The zero-order valence-electron chi connectivity index (χ0n) is 13.5. The van der Waals surface area contributed by atoms with Crippen LogP contribution in [0.5, 0.6) is 0 Å². The Kier molecular flexibility index (Phi) is 3.76. The number of imidazole rings is 2. The van der Waals surface area contributed by atoms with Gasteiger partial charge in [0.15, 0.2) is 17.3 Å². The highest BCUT2D eigenvalue weighted by atomic mass is 19.2. The van der Waals surface area contributed by atoms with Crippen molar-refractivity contribution in [3.05, 3.63) is 66.4 Å². The fourth-order valence-corrected chi connectivity index (χ4v) is 2.94. The Morgan fingerprint density at radius 2 is 1.92 bits per heavy atom. The van der Waals surface area contributed by atoms with Gasteiger partial charge in [-0.15, -0.1) is 0 Å². The lowest BCUT2D eigenvalue weighted by molar-refractivity contribution is 0.509. The van der Waals surface area contributed by atoms with Gasteiger partial charge in [0.05, 0.1) is 6.54 Å². The van der Waals surface area contributed by atoms with E-state index in [4.69, 9.17) is 0 Å². The molecule has 0 aliphatic heterocycles. The predicted molar refractivity (Wildman–Crippen MR) is 89.9 cm³/mol. The Labute approximate surface area is 142 Å². The molecule has 4 rings (SSSR count). The van der Waals surface area contributed by atoms with Gasteiger partial charge in [0.25, 0.3) is 0 Å². The highest BCUT2D eigenvalue weighted by Gasteiger charge is 2.14. The van der Waals surface area contributed by atoms with Crippen LogP contribution in [0.3, 0.4) is 0 Å². The molecule has 0 unspecified atom stereocenters. The largest absolute Gasteiger partial charge is 0.323 e. The van der Waals surface area contributed by atoms with Crippen molar-refractivity contribution in [1.82, 2.24) is 24.1 Å². The molecular weight excluding hydrogens is 324 g/mol. The third-order valence-electron chi connectivity index (χ3n) is 4.10. The van der Waals surface area contributed by atoms with Gasteiger partial charge in [-0.05, 0) is 37.3 Å². The van der Waals surface area contributed by atoms with E-state index in [2.05, 4.69) is 15.0 Å². The smallest absolute Gasteiger partial charge is 0.160 e. The van der Waals surface area contributed by atoms with Gasteiger partial charge in [-0.1, -0.05) is 0 Å². The average molecular weight is 339 g/mol. The Hall–Kier alpha value is -3.09. The van der Waals surface area contributed by atoms with Gasteiger partial charge in [-0.25, -0.2) is 23.7 Å². The van der Waals surface area contributed by atoms with Crippen LogP contribution >= 0.6 is 0 Å². The van der Waals surface area contributed by atoms with Crippen LogP contribution in [0, 0.1) is 11.6 Å². The van der Waals surface area contributed by atoms with Crippen molar-refractivity contribution in [2.75, 3.05) is 0 Å². The van der Waals surface area contributed by atoms with Crippen LogP contribution in [0.4, 0.5) is 8.78 Å². The summed E-state index contributed by atoms with van der Waals surface area (Å²) in [6.07, 6.45) is 5.17. The molecule has 126 valence electrons. The van der Waals surface area contributed by atoms with Crippen molar-refractivity contribution < 1.29 is 8.78 Å². The monoisotopic (exact) mass is 339 g/mol. The van der Waals surface area contributed by atoms with Gasteiger partial charge in [-0.2, -0.15) is 0 Å². The lowest BCUT2D eigenvalue weighted by Gasteiger charge is -2.10. The summed E-state index contributed by atoms with van der Waals surface area (Å²) < 4.78 is 30.6. The van der Waals surface area contributed by atoms with E-state index in [1.54, 1.807) is 18.6 Å². The van der Waals surface area contributed by atoms with Crippen LogP contribution in [-0.4, -0.2) is 24.1 Å². The number of fused-ring (bicyclic) bond motifs is 1. The van der Waals surface area contributed by atoms with Gasteiger partial charge < -0.3 is 9.13 Å². The molecule has 0 fully saturated rings. The predicted octanol–water partition coefficient (Wildman–Crippen LogP) is 3.64. The molecule has 0 aliphatic carbocycles. The highest BCUT2D eigenvalue weighted by molar-refractivity contribution is 5.71. The molecule has 0 radical (unpaired) electrons. The van der Waals surface area contributed by atoms with Crippen molar-refractivity contribution in [2.24, 2.45) is 0 Å². The minimum absolute atomic E-state index is 0.457. The van der Waals surface area contributed by atoms with Crippen molar-refractivity contribution >= 4 is 11.2 Å². The SMILES string of the molecule is CCn1c(Cn2ccnc2-c2ccc(F)c(F)c2)nc2cccnc21. The summed E-state index contributed by atoms with van der Waals surface area (Å²) >= 11 is 0. The zero-order chi connectivity index (χ0) is 17.4. The average Bonchev–Trinajstić information content (AvgIpc) is 3.21. The maximum atomic E-state index is 13.6. The van der Waals surface area contributed by atoms with Gasteiger partial charge in [0.2, 0.25) is 0 Å². The number of halogens is 2. The Morgan fingerprint density at radius 3 is 2.72 bits per heavy atom. The number of aromatic nitrogens is 5. The first-order chi connectivity index (χ1) is 12.2. The van der Waals surface area contributed by atoms with Crippen molar-refractivity contribution in [3.8, 4) is 11.4 Å². The highest BCUT2D eigenvalue weighted by Crippen LogP contribution is 2.22. The fourth-order valence-electron chi connectivity index (χ4n) is 2.94. The maximum absolute atomic E-state index is 13.6. The summed E-state index contributed by atoms with van der Waals surface area (Å²) in [6.45, 7) is 3.22. The molecule has 0 amide bonds. The van der Waals surface area contributed by atoms with Gasteiger partial charge in [0, 0.05) is 30.7 Å². The first-order valence-corrected chi connectivity index (χ1v) is 7.94. The maximum Gasteiger partial charge on any atom is 0.160 e. The van der Waals surface area contributed by atoms with Crippen LogP contribution in [0.15, 0.2) is 48.9 Å². The molecule has 0 saturated heterocycles. The van der Waals surface area contributed by atoms with Crippen LogP contribution in [0.2, 0.25) is 0 Å². The molecule has 3 aromatic heterocycles. The third-order valence-corrected chi connectivity index (χ3v) is 4.10. The van der Waals surface area contributed by atoms with Crippen molar-refractivity contribution in [1.29, 1.82) is 0 Å². The fraction of sp³-hybridized carbons (Fsp3) is 0.167. The number of hydrogen-bond acceptors (Lipinski definition) is 3. The summed E-state index contributed by atoms with van der Waals surface area (Å²) in [4.78, 5) is 13.3. The second-order valence-electron chi connectivity index (χ2n) is 5.63. The van der Waals surface area contributed by atoms with E-state index >= 15 is 0 Å². The minimum Gasteiger partial charge on any atom is -0.323 e. The van der Waals surface area contributed by atoms with E-state index < -0.39 is 11.6 Å². The lowest BCUT2D eigenvalue weighted by Crippen LogP contribution is -2.09. The van der Waals surface area contributed by atoms with Crippen molar-refractivity contribution in [3.63, 3.8) is 0 Å². The molecule has 25 heavy (non-hydrogen) atoms. The van der Waals surface area contributed by atoms with Crippen LogP contribution in [0.25, 0.3) is 22.6 Å². The Balaban J connectivity index is 1.75. The molecule has 0 saturated carbocycles. The third kappa shape index (κ3) is 2.67. The summed E-state index contributed by atoms with van der Waals surface area (Å²) in [5.41, 5.74) is 2.17. The number of hydrogen-bond donors (Lipinski definition) is 0. The van der Waals surface area contributed by atoms with E-state index in [0.717, 1.165) is 35.7 Å². The molecule has 1 aromatic carbocycles. The van der Waals surface area contributed by atoms with E-state index in [1.165, 1.54) is 6.07 Å². The second-order valence-corrected chi connectivity index (χ2v) is 5.63. The number of pyridine rings is 1. The van der Waals surface area contributed by atoms with Gasteiger partial charge in [0.1, 0.15) is 17.2 Å². The molecule has 4 aromatic rings. The van der Waals surface area contributed by atoms with Crippen LogP contribution in [-0.2, 0) is 13.1 Å². The van der Waals surface area contributed by atoms with Crippen LogP contribution < -0.4 is 0 Å².